The molecule has 0 aliphatic rings. The van der Waals surface area contributed by atoms with Crippen molar-refractivity contribution in [1.29, 1.82) is 0 Å². The Morgan fingerprint density at radius 1 is 1.20 bits per heavy atom. The van der Waals surface area contributed by atoms with E-state index in [2.05, 4.69) is 30.6 Å². The van der Waals surface area contributed by atoms with E-state index in [0.29, 0.717) is 39.9 Å². The number of halogens is 1. The fraction of sp³-hybridized carbons (Fsp3) is 0.300. The van der Waals surface area contributed by atoms with Crippen molar-refractivity contribution in [2.24, 2.45) is 0 Å². The van der Waals surface area contributed by atoms with Gasteiger partial charge in [-0.15, -0.1) is 0 Å². The quantitative estimate of drug-likeness (QED) is 0.316. The van der Waals surface area contributed by atoms with Crippen LogP contribution in [0, 0.1) is 0 Å². The van der Waals surface area contributed by atoms with Gasteiger partial charge in [0.15, 0.2) is 11.5 Å². The molecule has 3 heterocycles. The molecule has 0 aliphatic heterocycles. The van der Waals surface area contributed by atoms with Gasteiger partial charge in [0.25, 0.3) is 0 Å². The number of aromatic nitrogens is 5. The monoisotopic (exact) mass is 426 g/mol. The molecule has 4 aromatic rings. The summed E-state index contributed by atoms with van der Waals surface area (Å²) in [5, 5.41) is 18.2. The molecule has 0 bridgehead atoms. The Labute approximate surface area is 178 Å². The molecular weight excluding hydrogens is 404 g/mol. The molecule has 0 radical (unpaired) electrons. The standard InChI is InChI=1S/C20H23ClN8O/c1-10(26-18-15-17(25-9-24-15)28-19(22)29-18)12-7-11-5-4-6-13(21)14(11)27-16(12)23-8-20(2,3)30/h4-7,9-10,30H,8H2,1-3H3,(H,23,27)(H4,22,24,25,26,28,29). The molecule has 0 aliphatic carbocycles. The number of nitrogens with one attached hydrogen (secondary N) is 3. The molecule has 1 unspecified atom stereocenters. The maximum atomic E-state index is 10.2. The van der Waals surface area contributed by atoms with Gasteiger partial charge in [-0.25, -0.2) is 9.97 Å². The second-order valence-corrected chi connectivity index (χ2v) is 8.21. The van der Waals surface area contributed by atoms with Crippen LogP contribution in [0.4, 0.5) is 17.6 Å². The highest BCUT2D eigenvalue weighted by Crippen LogP contribution is 2.32. The van der Waals surface area contributed by atoms with Crippen molar-refractivity contribution in [3.8, 4) is 0 Å². The van der Waals surface area contributed by atoms with E-state index in [1.807, 2.05) is 25.1 Å². The molecule has 0 saturated carbocycles. The number of aromatic amines is 1. The topological polar surface area (TPSA) is 138 Å². The zero-order chi connectivity index (χ0) is 21.5. The highest BCUT2D eigenvalue weighted by Gasteiger charge is 2.20. The number of pyridine rings is 1. The Morgan fingerprint density at radius 3 is 2.77 bits per heavy atom. The lowest BCUT2D eigenvalue weighted by atomic mass is 10.0. The van der Waals surface area contributed by atoms with Crippen LogP contribution in [0.15, 0.2) is 30.6 Å². The lowest BCUT2D eigenvalue weighted by Crippen LogP contribution is -2.30. The molecular formula is C20H23ClN8O. The van der Waals surface area contributed by atoms with Crippen LogP contribution in [0.1, 0.15) is 32.4 Å². The van der Waals surface area contributed by atoms with Gasteiger partial charge in [-0.3, -0.25) is 0 Å². The van der Waals surface area contributed by atoms with Crippen molar-refractivity contribution in [2.75, 3.05) is 22.9 Å². The molecule has 0 spiro atoms. The smallest absolute Gasteiger partial charge is 0.224 e. The first-order valence-corrected chi connectivity index (χ1v) is 9.87. The molecule has 1 atom stereocenters. The van der Waals surface area contributed by atoms with Crippen LogP contribution >= 0.6 is 11.6 Å². The number of hydrogen-bond acceptors (Lipinski definition) is 8. The summed E-state index contributed by atoms with van der Waals surface area (Å²) in [4.78, 5) is 20.4. The summed E-state index contributed by atoms with van der Waals surface area (Å²) in [6.07, 6.45) is 1.55. The Kier molecular flexibility index (Phi) is 5.08. The van der Waals surface area contributed by atoms with Gasteiger partial charge in [-0.2, -0.15) is 9.97 Å². The summed E-state index contributed by atoms with van der Waals surface area (Å²) in [6, 6.07) is 7.45. The molecule has 0 saturated heterocycles. The molecule has 4 rings (SSSR count). The van der Waals surface area contributed by atoms with Gasteiger partial charge in [0.2, 0.25) is 5.95 Å². The predicted octanol–water partition coefficient (Wildman–Crippen LogP) is 3.49. The van der Waals surface area contributed by atoms with Crippen molar-refractivity contribution in [2.45, 2.75) is 32.4 Å². The van der Waals surface area contributed by atoms with Crippen molar-refractivity contribution in [3.05, 3.63) is 41.2 Å². The minimum Gasteiger partial charge on any atom is -0.389 e. The van der Waals surface area contributed by atoms with E-state index in [1.54, 1.807) is 26.2 Å². The van der Waals surface area contributed by atoms with Crippen molar-refractivity contribution in [1.82, 2.24) is 24.9 Å². The fourth-order valence-corrected chi connectivity index (χ4v) is 3.41. The molecule has 0 amide bonds. The molecule has 9 nitrogen and oxygen atoms in total. The number of rotatable bonds is 6. The number of nitrogen functional groups attached to an aromatic ring is 1. The maximum Gasteiger partial charge on any atom is 0.224 e. The van der Waals surface area contributed by atoms with Crippen molar-refractivity contribution in [3.63, 3.8) is 0 Å². The number of para-hydroxylation sites is 1. The molecule has 10 heteroatoms. The minimum absolute atomic E-state index is 0.144. The number of hydrogen-bond donors (Lipinski definition) is 5. The summed E-state index contributed by atoms with van der Waals surface area (Å²) in [6.45, 7) is 5.76. The number of aliphatic hydroxyl groups is 1. The van der Waals surface area contributed by atoms with E-state index in [0.717, 1.165) is 10.9 Å². The molecule has 6 N–H and O–H groups in total. The largest absolute Gasteiger partial charge is 0.389 e. The number of H-pyrrole nitrogens is 1. The third kappa shape index (κ3) is 4.07. The first-order valence-electron chi connectivity index (χ1n) is 9.50. The fourth-order valence-electron chi connectivity index (χ4n) is 3.19. The Balaban J connectivity index is 1.76. The molecule has 0 fully saturated rings. The third-order valence-electron chi connectivity index (χ3n) is 4.63. The maximum absolute atomic E-state index is 10.2. The van der Waals surface area contributed by atoms with E-state index in [4.69, 9.17) is 22.3 Å². The van der Waals surface area contributed by atoms with E-state index in [1.165, 1.54) is 0 Å². The van der Waals surface area contributed by atoms with Gasteiger partial charge in [-0.1, -0.05) is 23.7 Å². The van der Waals surface area contributed by atoms with Gasteiger partial charge < -0.3 is 26.5 Å². The van der Waals surface area contributed by atoms with Gasteiger partial charge in [0, 0.05) is 17.5 Å². The van der Waals surface area contributed by atoms with Crippen molar-refractivity contribution < 1.29 is 5.11 Å². The summed E-state index contributed by atoms with van der Waals surface area (Å²) in [5.41, 5.74) is 7.65. The molecule has 156 valence electrons. The number of fused-ring (bicyclic) bond motifs is 2. The second-order valence-electron chi connectivity index (χ2n) is 7.80. The lowest BCUT2D eigenvalue weighted by Gasteiger charge is -2.23. The first-order chi connectivity index (χ1) is 14.2. The van der Waals surface area contributed by atoms with Crippen LogP contribution in [-0.2, 0) is 0 Å². The SMILES string of the molecule is CC(Nc1nc(N)nc2[nH]cnc12)c1cc2cccc(Cl)c2nc1NCC(C)(C)O. The van der Waals surface area contributed by atoms with Gasteiger partial charge in [0.05, 0.1) is 28.5 Å². The average Bonchev–Trinajstić information content (AvgIpc) is 3.14. The van der Waals surface area contributed by atoms with E-state index in [9.17, 15) is 5.11 Å². The first kappa shape index (κ1) is 20.1. The van der Waals surface area contributed by atoms with Gasteiger partial charge in [0.1, 0.15) is 11.3 Å². The average molecular weight is 427 g/mol. The highest BCUT2D eigenvalue weighted by atomic mass is 35.5. The number of benzene rings is 1. The third-order valence-corrected chi connectivity index (χ3v) is 4.94. The number of nitrogens with two attached hydrogens (primary N) is 1. The molecule has 1 aromatic carbocycles. The molecule has 30 heavy (non-hydrogen) atoms. The van der Waals surface area contributed by atoms with Crippen LogP contribution < -0.4 is 16.4 Å². The van der Waals surface area contributed by atoms with Gasteiger partial charge in [-0.05, 0) is 32.9 Å². The molecule has 3 aromatic heterocycles. The summed E-state index contributed by atoms with van der Waals surface area (Å²) in [5.74, 6) is 1.29. The Bertz CT molecular complexity index is 1220. The number of nitrogens with zero attached hydrogens (tertiary/aromatic N) is 4. The minimum atomic E-state index is -0.909. The predicted molar refractivity (Wildman–Crippen MR) is 120 cm³/mol. The van der Waals surface area contributed by atoms with Crippen LogP contribution in [0.2, 0.25) is 5.02 Å². The number of imidazole rings is 1. The number of anilines is 3. The van der Waals surface area contributed by atoms with E-state index in [-0.39, 0.29) is 12.0 Å². The van der Waals surface area contributed by atoms with Crippen LogP contribution in [0.5, 0.6) is 0 Å². The van der Waals surface area contributed by atoms with E-state index >= 15 is 0 Å². The van der Waals surface area contributed by atoms with Crippen LogP contribution in [0.3, 0.4) is 0 Å². The zero-order valence-electron chi connectivity index (χ0n) is 16.9. The highest BCUT2D eigenvalue weighted by molar-refractivity contribution is 6.35. The second kappa shape index (κ2) is 7.58. The lowest BCUT2D eigenvalue weighted by molar-refractivity contribution is 0.0944. The van der Waals surface area contributed by atoms with Gasteiger partial charge >= 0.3 is 0 Å². The Morgan fingerprint density at radius 2 is 2.00 bits per heavy atom. The van der Waals surface area contributed by atoms with Crippen LogP contribution in [0.25, 0.3) is 22.1 Å². The van der Waals surface area contributed by atoms with Crippen molar-refractivity contribution >= 4 is 51.3 Å². The van der Waals surface area contributed by atoms with E-state index < -0.39 is 5.60 Å². The summed E-state index contributed by atoms with van der Waals surface area (Å²) < 4.78 is 0. The Hall–Kier alpha value is -3.17. The van der Waals surface area contributed by atoms with Crippen LogP contribution in [-0.4, -0.2) is 42.2 Å². The summed E-state index contributed by atoms with van der Waals surface area (Å²) in [7, 11) is 0. The summed E-state index contributed by atoms with van der Waals surface area (Å²) >= 11 is 6.35. The normalized spacial score (nSPS) is 13.0. The zero-order valence-corrected chi connectivity index (χ0v) is 17.6.